The molecule has 116 valence electrons. The molecular weight excluding hydrogens is 303 g/mol. The predicted octanol–water partition coefficient (Wildman–Crippen LogP) is 4.75. The maximum Gasteiger partial charge on any atom is 0.454 e. The number of ketones is 1. The van der Waals surface area contributed by atoms with Gasteiger partial charge in [-0.05, 0) is 35.9 Å². The van der Waals surface area contributed by atoms with Gasteiger partial charge in [0.25, 0.3) is 5.78 Å². The summed E-state index contributed by atoms with van der Waals surface area (Å²) in [5, 5.41) is 0. The lowest BCUT2D eigenvalue weighted by atomic mass is 10.1. The van der Waals surface area contributed by atoms with Gasteiger partial charge in [-0.15, -0.1) is 0 Å². The van der Waals surface area contributed by atoms with Gasteiger partial charge < -0.3 is 4.40 Å². The number of alkyl halides is 3. The number of fused-ring (bicyclic) bond motifs is 1. The summed E-state index contributed by atoms with van der Waals surface area (Å²) in [6.45, 7) is 0. The smallest absolute Gasteiger partial charge is 0.317 e. The van der Waals surface area contributed by atoms with Crippen molar-refractivity contribution >= 4 is 17.4 Å². The average molecular weight is 315 g/mol. The van der Waals surface area contributed by atoms with Gasteiger partial charge in [0.15, 0.2) is 0 Å². The van der Waals surface area contributed by atoms with E-state index in [1.54, 1.807) is 16.7 Å². The van der Waals surface area contributed by atoms with Crippen LogP contribution in [0.15, 0.2) is 66.9 Å². The molecule has 1 aromatic carbocycles. The number of pyridine rings is 1. The van der Waals surface area contributed by atoms with Gasteiger partial charge in [-0.1, -0.05) is 36.4 Å². The highest BCUT2D eigenvalue weighted by molar-refractivity contribution is 5.98. The van der Waals surface area contributed by atoms with E-state index in [1.807, 2.05) is 48.5 Å². The summed E-state index contributed by atoms with van der Waals surface area (Å²) in [5.74, 6) is -1.87. The second kappa shape index (κ2) is 5.76. The number of benzene rings is 1. The van der Waals surface area contributed by atoms with Gasteiger partial charge in [0.2, 0.25) is 0 Å². The van der Waals surface area contributed by atoms with Crippen molar-refractivity contribution in [1.29, 1.82) is 0 Å². The first-order valence-corrected chi connectivity index (χ1v) is 6.91. The first-order chi connectivity index (χ1) is 11.0. The molecular formula is C18H12F3NO. The molecule has 0 fully saturated rings. The summed E-state index contributed by atoms with van der Waals surface area (Å²) in [6.07, 6.45) is -1.33. The summed E-state index contributed by atoms with van der Waals surface area (Å²) in [5.41, 5.74) is 3.01. The fourth-order valence-electron chi connectivity index (χ4n) is 2.41. The monoisotopic (exact) mass is 315 g/mol. The Morgan fingerprint density at radius 3 is 2.39 bits per heavy atom. The molecule has 0 spiro atoms. The van der Waals surface area contributed by atoms with Crippen molar-refractivity contribution in [2.75, 3.05) is 0 Å². The molecule has 2 nitrogen and oxygen atoms in total. The van der Waals surface area contributed by atoms with Crippen LogP contribution >= 0.6 is 0 Å². The third-order valence-electron chi connectivity index (χ3n) is 3.48. The Balaban J connectivity index is 2.14. The highest BCUT2D eigenvalue weighted by Crippen LogP contribution is 2.29. The minimum absolute atomic E-state index is 0.532. The van der Waals surface area contributed by atoms with Gasteiger partial charge in [0, 0.05) is 17.3 Å². The molecule has 0 amide bonds. The molecule has 0 bridgehead atoms. The van der Waals surface area contributed by atoms with Crippen LogP contribution in [0, 0.1) is 0 Å². The Bertz CT molecular complexity index is 876. The number of nitrogens with zero attached hydrogens (tertiary/aromatic N) is 1. The summed E-state index contributed by atoms with van der Waals surface area (Å²) in [6, 6.07) is 16.7. The normalized spacial score (nSPS) is 12.1. The topological polar surface area (TPSA) is 21.5 Å². The van der Waals surface area contributed by atoms with Crippen LogP contribution in [0.25, 0.3) is 22.7 Å². The zero-order valence-corrected chi connectivity index (χ0v) is 11.9. The van der Waals surface area contributed by atoms with E-state index >= 15 is 0 Å². The number of hydrogen-bond acceptors (Lipinski definition) is 1. The molecule has 0 aliphatic carbocycles. The molecule has 0 saturated carbocycles. The Morgan fingerprint density at radius 2 is 1.70 bits per heavy atom. The van der Waals surface area contributed by atoms with Crippen molar-refractivity contribution in [2.45, 2.75) is 6.18 Å². The first-order valence-electron chi connectivity index (χ1n) is 6.91. The van der Waals surface area contributed by atoms with Gasteiger partial charge in [-0.25, -0.2) is 0 Å². The maximum absolute atomic E-state index is 12.4. The lowest BCUT2D eigenvalue weighted by molar-refractivity contribution is -0.165. The van der Waals surface area contributed by atoms with Gasteiger partial charge in [0.1, 0.15) is 0 Å². The van der Waals surface area contributed by atoms with E-state index in [-0.39, 0.29) is 0 Å². The largest absolute Gasteiger partial charge is 0.454 e. The average Bonchev–Trinajstić information content (AvgIpc) is 2.91. The van der Waals surface area contributed by atoms with Gasteiger partial charge in [-0.2, -0.15) is 13.2 Å². The molecule has 0 N–H and O–H groups in total. The second-order valence-electron chi connectivity index (χ2n) is 5.00. The van der Waals surface area contributed by atoms with E-state index in [0.717, 1.165) is 16.6 Å². The van der Waals surface area contributed by atoms with Gasteiger partial charge in [-0.3, -0.25) is 4.79 Å². The van der Waals surface area contributed by atoms with Crippen LogP contribution in [0.3, 0.4) is 0 Å². The van der Waals surface area contributed by atoms with E-state index in [2.05, 4.69) is 0 Å². The predicted molar refractivity (Wildman–Crippen MR) is 82.9 cm³/mol. The third-order valence-corrected chi connectivity index (χ3v) is 3.48. The van der Waals surface area contributed by atoms with E-state index in [4.69, 9.17) is 0 Å². The number of hydrogen-bond donors (Lipinski definition) is 0. The summed E-state index contributed by atoms with van der Waals surface area (Å²) >= 11 is 0. The van der Waals surface area contributed by atoms with E-state index in [1.165, 1.54) is 6.08 Å². The van der Waals surface area contributed by atoms with Crippen LogP contribution in [0.4, 0.5) is 13.2 Å². The van der Waals surface area contributed by atoms with E-state index in [0.29, 0.717) is 11.8 Å². The van der Waals surface area contributed by atoms with Crippen molar-refractivity contribution in [1.82, 2.24) is 4.40 Å². The lowest BCUT2D eigenvalue weighted by Crippen LogP contribution is -2.19. The third kappa shape index (κ3) is 3.04. The van der Waals surface area contributed by atoms with Crippen LogP contribution < -0.4 is 0 Å². The van der Waals surface area contributed by atoms with Crippen molar-refractivity contribution in [3.05, 3.63) is 72.6 Å². The minimum Gasteiger partial charge on any atom is -0.317 e. The summed E-state index contributed by atoms with van der Waals surface area (Å²) in [7, 11) is 0. The highest BCUT2D eigenvalue weighted by Gasteiger charge is 2.36. The quantitative estimate of drug-likeness (QED) is 0.639. The first kappa shape index (κ1) is 15.1. The molecule has 3 rings (SSSR count). The SMILES string of the molecule is O=C(/C=C\c1c(-c2ccccc2)cc2ccccn12)C(F)(F)F. The van der Waals surface area contributed by atoms with Crippen molar-refractivity contribution < 1.29 is 18.0 Å². The van der Waals surface area contributed by atoms with Crippen LogP contribution in [0.2, 0.25) is 0 Å². The molecule has 0 saturated heterocycles. The number of halogens is 3. The molecule has 0 aliphatic heterocycles. The minimum atomic E-state index is -4.86. The zero-order valence-electron chi connectivity index (χ0n) is 11.9. The molecule has 0 atom stereocenters. The molecule has 0 unspecified atom stereocenters. The van der Waals surface area contributed by atoms with Crippen LogP contribution in [0.5, 0.6) is 0 Å². The molecule has 23 heavy (non-hydrogen) atoms. The van der Waals surface area contributed by atoms with Crippen molar-refractivity contribution in [2.24, 2.45) is 0 Å². The zero-order chi connectivity index (χ0) is 16.4. The fourth-order valence-corrected chi connectivity index (χ4v) is 2.41. The Labute approximate surface area is 130 Å². The van der Waals surface area contributed by atoms with Crippen LogP contribution in [-0.2, 0) is 4.79 Å². The van der Waals surface area contributed by atoms with E-state index < -0.39 is 12.0 Å². The summed E-state index contributed by atoms with van der Waals surface area (Å²) < 4.78 is 39.0. The standard InChI is InChI=1S/C18H12F3NO/c19-18(20,21)17(23)10-9-16-15(13-6-2-1-3-7-13)12-14-8-4-5-11-22(14)16/h1-12H/b10-9-. The number of carbonyl (C=O) groups excluding carboxylic acids is 1. The van der Waals surface area contributed by atoms with E-state index in [9.17, 15) is 18.0 Å². The Hall–Kier alpha value is -2.82. The second-order valence-corrected chi connectivity index (χ2v) is 5.00. The van der Waals surface area contributed by atoms with Crippen LogP contribution in [-0.4, -0.2) is 16.4 Å². The molecule has 5 heteroatoms. The van der Waals surface area contributed by atoms with Crippen molar-refractivity contribution in [3.63, 3.8) is 0 Å². The highest BCUT2D eigenvalue weighted by atomic mass is 19.4. The molecule has 0 aliphatic rings. The number of rotatable bonds is 3. The number of allylic oxidation sites excluding steroid dienone is 1. The van der Waals surface area contributed by atoms with Crippen molar-refractivity contribution in [3.8, 4) is 11.1 Å². The molecule has 0 radical (unpaired) electrons. The van der Waals surface area contributed by atoms with Gasteiger partial charge >= 0.3 is 6.18 Å². The molecule has 3 aromatic rings. The molecule has 2 aromatic heterocycles. The van der Waals surface area contributed by atoms with Gasteiger partial charge in [0.05, 0.1) is 5.69 Å². The van der Waals surface area contributed by atoms with Crippen LogP contribution in [0.1, 0.15) is 5.69 Å². The molecule has 2 heterocycles. The Kier molecular flexibility index (Phi) is 3.78. The maximum atomic E-state index is 12.4. The number of carbonyl (C=O) groups is 1. The number of aromatic nitrogens is 1. The Morgan fingerprint density at radius 1 is 1.00 bits per heavy atom. The lowest BCUT2D eigenvalue weighted by Gasteiger charge is -2.03. The fraction of sp³-hybridized carbons (Fsp3) is 0.0556. The summed E-state index contributed by atoms with van der Waals surface area (Å²) in [4.78, 5) is 11.1.